The molecular weight excluding hydrogens is 278 g/mol. The molecule has 19 heavy (non-hydrogen) atoms. The van der Waals surface area contributed by atoms with Crippen molar-refractivity contribution in [1.29, 1.82) is 0 Å². The second kappa shape index (κ2) is 5.71. The quantitative estimate of drug-likeness (QED) is 0.861. The van der Waals surface area contributed by atoms with Gasteiger partial charge in [0.25, 0.3) is 5.56 Å². The monoisotopic (exact) mass is 293 g/mol. The maximum absolute atomic E-state index is 11.9. The number of aromatic nitrogens is 2. The van der Waals surface area contributed by atoms with Crippen molar-refractivity contribution in [3.05, 3.63) is 39.9 Å². The number of fused-ring (bicyclic) bond motifs is 1. The summed E-state index contributed by atoms with van der Waals surface area (Å²) in [4.78, 5) is 20.9. The normalized spacial score (nSPS) is 10.7. The fourth-order valence-electron chi connectivity index (χ4n) is 1.90. The van der Waals surface area contributed by atoms with Gasteiger partial charge in [-0.15, -0.1) is 11.8 Å². The highest BCUT2D eigenvalue weighted by molar-refractivity contribution is 8.22. The molecule has 0 amide bonds. The number of benzene rings is 1. The van der Waals surface area contributed by atoms with E-state index in [1.807, 2.05) is 36.4 Å². The molecule has 6 heteroatoms. The number of nitrogens with zero attached hydrogens (tertiary/aromatic N) is 2. The number of aryl methyl sites for hydroxylation is 1. The predicted octanol–water partition coefficient (Wildman–Crippen LogP) is 2.31. The fraction of sp³-hybridized carbons (Fsp3) is 0.308. The van der Waals surface area contributed by atoms with Crippen molar-refractivity contribution in [2.75, 3.05) is 13.3 Å². The second-order valence-corrected chi connectivity index (χ2v) is 5.77. The minimum Gasteiger partial charge on any atom is -0.356 e. The van der Waals surface area contributed by atoms with E-state index in [0.717, 1.165) is 15.4 Å². The van der Waals surface area contributed by atoms with Gasteiger partial charge >= 0.3 is 0 Å². The van der Waals surface area contributed by atoms with Gasteiger partial charge in [0.1, 0.15) is 10.1 Å². The van der Waals surface area contributed by atoms with E-state index in [-0.39, 0.29) is 5.56 Å². The number of rotatable bonds is 2. The molecule has 0 radical (unpaired) electrons. The first-order valence-corrected chi connectivity index (χ1v) is 7.43. The molecule has 1 aromatic carbocycles. The summed E-state index contributed by atoms with van der Waals surface area (Å²) in [5.74, 6) is 0.630. The molecule has 4 nitrogen and oxygen atoms in total. The van der Waals surface area contributed by atoms with Crippen molar-refractivity contribution in [1.82, 2.24) is 14.9 Å². The summed E-state index contributed by atoms with van der Waals surface area (Å²) in [6, 6.07) is 5.73. The lowest BCUT2D eigenvalue weighted by Gasteiger charge is -2.18. The van der Waals surface area contributed by atoms with Crippen LogP contribution in [0.15, 0.2) is 23.0 Å². The van der Waals surface area contributed by atoms with Gasteiger partial charge in [-0.05, 0) is 30.9 Å². The van der Waals surface area contributed by atoms with Crippen LogP contribution in [0.3, 0.4) is 0 Å². The summed E-state index contributed by atoms with van der Waals surface area (Å²) in [6.45, 7) is 2.46. The summed E-state index contributed by atoms with van der Waals surface area (Å²) in [7, 11) is 1.95. The van der Waals surface area contributed by atoms with Gasteiger partial charge in [0, 0.05) is 13.6 Å². The van der Waals surface area contributed by atoms with Crippen molar-refractivity contribution >= 4 is 39.2 Å². The summed E-state index contributed by atoms with van der Waals surface area (Å²) < 4.78 is 0.830. The number of hydrogen-bond acceptors (Lipinski definition) is 4. The second-order valence-electron chi connectivity index (χ2n) is 4.33. The molecule has 1 aromatic heterocycles. The molecule has 2 aromatic rings. The van der Waals surface area contributed by atoms with E-state index in [1.54, 1.807) is 6.92 Å². The average molecular weight is 293 g/mol. The predicted molar refractivity (Wildman–Crippen MR) is 84.7 cm³/mol. The van der Waals surface area contributed by atoms with Crippen LogP contribution in [-0.4, -0.2) is 32.5 Å². The van der Waals surface area contributed by atoms with Crippen molar-refractivity contribution in [3.63, 3.8) is 0 Å². The average Bonchev–Trinajstić information content (AvgIpc) is 2.38. The van der Waals surface area contributed by atoms with E-state index >= 15 is 0 Å². The molecule has 0 atom stereocenters. The first-order chi connectivity index (χ1) is 9.01. The van der Waals surface area contributed by atoms with Gasteiger partial charge in [0.2, 0.25) is 0 Å². The molecule has 0 aliphatic rings. The summed E-state index contributed by atoms with van der Waals surface area (Å²) in [5, 5.41) is 0.617. The standard InChI is InChI=1S/C13H15N3OS2/c1-8-14-11-5-4-9(6-10(11)12(17)15-8)7-16(2)13(18)19-3/h4-6H,7H2,1-3H3,(H,14,15,17). The third-order valence-electron chi connectivity index (χ3n) is 2.79. The van der Waals surface area contributed by atoms with E-state index < -0.39 is 0 Å². The number of hydrogen-bond donors (Lipinski definition) is 1. The van der Waals surface area contributed by atoms with E-state index in [9.17, 15) is 4.79 Å². The Morgan fingerprint density at radius 3 is 2.95 bits per heavy atom. The van der Waals surface area contributed by atoms with Gasteiger partial charge in [0.05, 0.1) is 10.9 Å². The van der Waals surface area contributed by atoms with E-state index in [0.29, 0.717) is 17.8 Å². The SMILES string of the molecule is CSC(=S)N(C)Cc1ccc2nc(C)[nH]c(=O)c2c1. The Morgan fingerprint density at radius 1 is 1.53 bits per heavy atom. The van der Waals surface area contributed by atoms with Crippen LogP contribution in [-0.2, 0) is 6.54 Å². The number of nitrogens with one attached hydrogen (secondary N) is 1. The Hall–Kier alpha value is -1.40. The molecule has 1 heterocycles. The zero-order valence-electron chi connectivity index (χ0n) is 11.1. The molecule has 0 saturated heterocycles. The number of aromatic amines is 1. The van der Waals surface area contributed by atoms with Gasteiger partial charge in [-0.1, -0.05) is 18.3 Å². The van der Waals surface area contributed by atoms with E-state index in [1.165, 1.54) is 11.8 Å². The number of thiocarbonyl (C=S) groups is 1. The van der Waals surface area contributed by atoms with Crippen LogP contribution in [0.2, 0.25) is 0 Å². The summed E-state index contributed by atoms with van der Waals surface area (Å²) in [6.07, 6.45) is 1.95. The lowest BCUT2D eigenvalue weighted by Crippen LogP contribution is -2.21. The molecule has 0 bridgehead atoms. The fourth-order valence-corrected chi connectivity index (χ4v) is 2.34. The van der Waals surface area contributed by atoms with Gasteiger partial charge in [-0.2, -0.15) is 0 Å². The molecule has 0 aliphatic heterocycles. The largest absolute Gasteiger partial charge is 0.356 e. The number of H-pyrrole nitrogens is 1. The molecule has 0 saturated carbocycles. The Balaban J connectivity index is 2.37. The summed E-state index contributed by atoms with van der Waals surface area (Å²) >= 11 is 6.76. The lowest BCUT2D eigenvalue weighted by molar-refractivity contribution is 0.519. The van der Waals surface area contributed by atoms with Crippen LogP contribution in [0.5, 0.6) is 0 Å². The van der Waals surface area contributed by atoms with Crippen LogP contribution in [0.25, 0.3) is 10.9 Å². The van der Waals surface area contributed by atoms with Crippen molar-refractivity contribution < 1.29 is 0 Å². The topological polar surface area (TPSA) is 49.0 Å². The highest BCUT2D eigenvalue weighted by Crippen LogP contribution is 2.13. The Bertz CT molecular complexity index is 681. The Labute approximate surface area is 121 Å². The third kappa shape index (κ3) is 3.13. The van der Waals surface area contributed by atoms with Crippen LogP contribution in [0.4, 0.5) is 0 Å². The zero-order valence-corrected chi connectivity index (χ0v) is 12.7. The van der Waals surface area contributed by atoms with Crippen LogP contribution >= 0.6 is 24.0 Å². The molecule has 0 unspecified atom stereocenters. The minimum absolute atomic E-state index is 0.0977. The molecule has 0 spiro atoms. The van der Waals surface area contributed by atoms with Crippen LogP contribution < -0.4 is 5.56 Å². The van der Waals surface area contributed by atoms with Gasteiger partial charge < -0.3 is 9.88 Å². The Kier molecular flexibility index (Phi) is 4.21. The molecule has 0 fully saturated rings. The molecule has 0 aliphatic carbocycles. The molecule has 100 valence electrons. The molecular formula is C13H15N3OS2. The minimum atomic E-state index is -0.0977. The first kappa shape index (κ1) is 14.0. The number of thioether (sulfide) groups is 1. The van der Waals surface area contributed by atoms with E-state index in [2.05, 4.69) is 9.97 Å². The van der Waals surface area contributed by atoms with Crippen molar-refractivity contribution in [2.24, 2.45) is 0 Å². The van der Waals surface area contributed by atoms with Crippen LogP contribution in [0.1, 0.15) is 11.4 Å². The lowest BCUT2D eigenvalue weighted by atomic mass is 10.1. The third-order valence-corrected chi connectivity index (χ3v) is 4.27. The molecule has 2 rings (SSSR count). The molecule has 1 N–H and O–H groups in total. The summed E-state index contributed by atoms with van der Waals surface area (Å²) in [5.41, 5.74) is 1.67. The van der Waals surface area contributed by atoms with Crippen molar-refractivity contribution in [3.8, 4) is 0 Å². The van der Waals surface area contributed by atoms with Gasteiger partial charge in [0.15, 0.2) is 0 Å². The van der Waals surface area contributed by atoms with Crippen LogP contribution in [0, 0.1) is 6.92 Å². The van der Waals surface area contributed by atoms with Crippen molar-refractivity contribution in [2.45, 2.75) is 13.5 Å². The smallest absolute Gasteiger partial charge is 0.258 e. The maximum atomic E-state index is 11.9. The van der Waals surface area contributed by atoms with Gasteiger partial charge in [-0.25, -0.2) is 4.98 Å². The zero-order chi connectivity index (χ0) is 14.0. The van der Waals surface area contributed by atoms with Gasteiger partial charge in [-0.3, -0.25) is 4.79 Å². The Morgan fingerprint density at radius 2 is 2.26 bits per heavy atom. The first-order valence-electron chi connectivity index (χ1n) is 5.80. The highest BCUT2D eigenvalue weighted by Gasteiger charge is 2.07. The van der Waals surface area contributed by atoms with E-state index in [4.69, 9.17) is 12.2 Å². The maximum Gasteiger partial charge on any atom is 0.258 e. The highest BCUT2D eigenvalue weighted by atomic mass is 32.2.